The number of nitriles is 1. The van der Waals surface area contributed by atoms with Crippen LogP contribution in [0.3, 0.4) is 0 Å². The van der Waals surface area contributed by atoms with Crippen molar-refractivity contribution in [3.05, 3.63) is 0 Å². The molecule has 0 radical (unpaired) electrons. The lowest BCUT2D eigenvalue weighted by molar-refractivity contribution is 0.323. The zero-order valence-electron chi connectivity index (χ0n) is 8.47. The van der Waals surface area contributed by atoms with Crippen LogP contribution in [0, 0.1) is 11.3 Å². The summed E-state index contributed by atoms with van der Waals surface area (Å²) in [6.45, 7) is 2.19. The van der Waals surface area contributed by atoms with Crippen molar-refractivity contribution in [2.75, 3.05) is 12.8 Å². The summed E-state index contributed by atoms with van der Waals surface area (Å²) in [5.41, 5.74) is -0.231. The summed E-state index contributed by atoms with van der Waals surface area (Å²) in [6.07, 6.45) is 4.50. The van der Waals surface area contributed by atoms with Crippen molar-refractivity contribution in [2.45, 2.75) is 43.4 Å². The van der Waals surface area contributed by atoms with Crippen LogP contribution in [0.2, 0.25) is 0 Å². The van der Waals surface area contributed by atoms with Gasteiger partial charge < -0.3 is 5.32 Å². The molecule has 0 aliphatic heterocycles. The predicted octanol–water partition coefficient (Wildman–Crippen LogP) is 2.16. The Labute approximate surface area is 85.1 Å². The van der Waals surface area contributed by atoms with Crippen molar-refractivity contribution in [1.82, 2.24) is 5.32 Å². The van der Waals surface area contributed by atoms with E-state index in [1.165, 1.54) is 12.8 Å². The highest BCUT2D eigenvalue weighted by molar-refractivity contribution is 7.99. The summed E-state index contributed by atoms with van der Waals surface area (Å²) >= 11 is 1.99. The molecule has 0 amide bonds. The Hall–Kier alpha value is -0.200. The van der Waals surface area contributed by atoms with E-state index >= 15 is 0 Å². The van der Waals surface area contributed by atoms with E-state index in [0.29, 0.717) is 5.25 Å². The van der Waals surface area contributed by atoms with Crippen LogP contribution < -0.4 is 5.32 Å². The Morgan fingerprint density at radius 1 is 1.69 bits per heavy atom. The minimum atomic E-state index is -0.231. The highest BCUT2D eigenvalue weighted by atomic mass is 32.2. The number of nitrogens with one attached hydrogen (secondary N) is 1. The molecule has 1 N–H and O–H groups in total. The maximum absolute atomic E-state index is 9.11. The average Bonchev–Trinajstić information content (AvgIpc) is 2.19. The molecule has 0 saturated heterocycles. The Bertz CT molecular complexity index is 198. The van der Waals surface area contributed by atoms with Crippen LogP contribution in [0.5, 0.6) is 0 Å². The lowest BCUT2D eigenvalue weighted by Crippen LogP contribution is -2.46. The molecule has 1 fully saturated rings. The molecule has 2 nitrogen and oxygen atoms in total. The van der Waals surface area contributed by atoms with E-state index in [1.54, 1.807) is 0 Å². The number of hydrogen-bond acceptors (Lipinski definition) is 3. The van der Waals surface area contributed by atoms with Gasteiger partial charge in [0.2, 0.25) is 0 Å². The van der Waals surface area contributed by atoms with Crippen LogP contribution in [-0.2, 0) is 0 Å². The van der Waals surface area contributed by atoms with Crippen LogP contribution in [0.15, 0.2) is 0 Å². The summed E-state index contributed by atoms with van der Waals surface area (Å²) in [5.74, 6) is 1.16. The van der Waals surface area contributed by atoms with E-state index in [4.69, 9.17) is 5.26 Å². The zero-order chi connectivity index (χ0) is 9.73. The Morgan fingerprint density at radius 2 is 2.46 bits per heavy atom. The Morgan fingerprint density at radius 3 is 3.00 bits per heavy atom. The molecule has 2 atom stereocenters. The van der Waals surface area contributed by atoms with Gasteiger partial charge in [0.05, 0.1) is 6.07 Å². The van der Waals surface area contributed by atoms with Crippen LogP contribution in [0.1, 0.15) is 32.6 Å². The zero-order valence-corrected chi connectivity index (χ0v) is 9.28. The molecule has 0 aromatic heterocycles. The normalized spacial score (nSPS) is 34.1. The minimum absolute atomic E-state index is 0.231. The third-order valence-corrected chi connectivity index (χ3v) is 4.01. The smallest absolute Gasteiger partial charge is 0.107 e. The minimum Gasteiger partial charge on any atom is -0.302 e. The van der Waals surface area contributed by atoms with Gasteiger partial charge in [0.1, 0.15) is 5.54 Å². The summed E-state index contributed by atoms with van der Waals surface area (Å²) in [7, 11) is 1.90. The van der Waals surface area contributed by atoms with Gasteiger partial charge in [0.25, 0.3) is 0 Å². The largest absolute Gasteiger partial charge is 0.302 e. The van der Waals surface area contributed by atoms with Gasteiger partial charge in [0.15, 0.2) is 0 Å². The number of rotatable bonds is 3. The molecule has 1 saturated carbocycles. The van der Waals surface area contributed by atoms with Gasteiger partial charge in [-0.1, -0.05) is 6.92 Å². The van der Waals surface area contributed by atoms with Crippen molar-refractivity contribution in [1.29, 1.82) is 5.26 Å². The summed E-state index contributed by atoms with van der Waals surface area (Å²) in [4.78, 5) is 0. The van der Waals surface area contributed by atoms with Crippen molar-refractivity contribution >= 4 is 11.8 Å². The molecule has 1 aliphatic carbocycles. The number of nitrogens with zero attached hydrogens (tertiary/aromatic N) is 1. The molecule has 74 valence electrons. The van der Waals surface area contributed by atoms with Crippen LogP contribution >= 0.6 is 11.8 Å². The van der Waals surface area contributed by atoms with Gasteiger partial charge in [-0.25, -0.2) is 0 Å². The molecule has 1 aliphatic rings. The van der Waals surface area contributed by atoms with E-state index in [2.05, 4.69) is 18.3 Å². The average molecular weight is 198 g/mol. The molecular formula is C10H18N2S. The van der Waals surface area contributed by atoms with E-state index in [-0.39, 0.29) is 5.54 Å². The second-order valence-corrected chi connectivity index (χ2v) is 5.19. The van der Waals surface area contributed by atoms with Crippen molar-refractivity contribution in [3.63, 3.8) is 0 Å². The van der Waals surface area contributed by atoms with Crippen LogP contribution in [0.25, 0.3) is 0 Å². The standard InChI is InChI=1S/C10H18N2S/c1-3-13-9-5-4-6-10(7-9,8-11)12-2/h9,12H,3-7H2,1-2H3. The summed E-state index contributed by atoms with van der Waals surface area (Å²) in [5, 5.41) is 13.0. The first kappa shape index (κ1) is 10.9. The first-order valence-electron chi connectivity index (χ1n) is 4.98. The first-order chi connectivity index (χ1) is 6.26. The SMILES string of the molecule is CCSC1CCCC(C#N)(NC)C1. The van der Waals surface area contributed by atoms with E-state index < -0.39 is 0 Å². The predicted molar refractivity (Wildman–Crippen MR) is 57.8 cm³/mol. The number of hydrogen-bond donors (Lipinski definition) is 1. The third kappa shape index (κ3) is 2.62. The van der Waals surface area contributed by atoms with Crippen molar-refractivity contribution < 1.29 is 0 Å². The quantitative estimate of drug-likeness (QED) is 0.755. The molecule has 0 aromatic carbocycles. The fourth-order valence-corrected chi connectivity index (χ4v) is 3.19. The molecular weight excluding hydrogens is 180 g/mol. The lowest BCUT2D eigenvalue weighted by Gasteiger charge is -2.35. The second kappa shape index (κ2) is 4.88. The van der Waals surface area contributed by atoms with Crippen LogP contribution in [0.4, 0.5) is 0 Å². The van der Waals surface area contributed by atoms with Crippen molar-refractivity contribution in [2.24, 2.45) is 0 Å². The Balaban J connectivity index is 2.54. The van der Waals surface area contributed by atoms with Gasteiger partial charge in [-0.05, 0) is 38.5 Å². The highest BCUT2D eigenvalue weighted by Crippen LogP contribution is 2.34. The fourth-order valence-electron chi connectivity index (χ4n) is 1.99. The molecule has 0 aromatic rings. The number of thioether (sulfide) groups is 1. The Kier molecular flexibility index (Phi) is 4.08. The van der Waals surface area contributed by atoms with Gasteiger partial charge in [0, 0.05) is 5.25 Å². The van der Waals surface area contributed by atoms with Crippen molar-refractivity contribution in [3.8, 4) is 6.07 Å². The summed E-state index contributed by atoms with van der Waals surface area (Å²) in [6, 6.07) is 2.43. The van der Waals surface area contributed by atoms with Gasteiger partial charge in [-0.2, -0.15) is 17.0 Å². The lowest BCUT2D eigenvalue weighted by atomic mass is 9.83. The molecule has 0 bridgehead atoms. The maximum Gasteiger partial charge on any atom is 0.107 e. The van der Waals surface area contributed by atoms with E-state index in [0.717, 1.165) is 18.6 Å². The van der Waals surface area contributed by atoms with E-state index in [9.17, 15) is 0 Å². The molecule has 0 spiro atoms. The first-order valence-corrected chi connectivity index (χ1v) is 6.03. The van der Waals surface area contributed by atoms with Gasteiger partial charge in [-0.3, -0.25) is 0 Å². The highest BCUT2D eigenvalue weighted by Gasteiger charge is 2.34. The molecule has 0 heterocycles. The monoisotopic (exact) mass is 198 g/mol. The van der Waals surface area contributed by atoms with Gasteiger partial charge >= 0.3 is 0 Å². The fraction of sp³-hybridized carbons (Fsp3) is 0.900. The van der Waals surface area contributed by atoms with Gasteiger partial charge in [-0.15, -0.1) is 0 Å². The molecule has 2 unspecified atom stereocenters. The molecule has 13 heavy (non-hydrogen) atoms. The van der Waals surface area contributed by atoms with Crippen LogP contribution in [-0.4, -0.2) is 23.6 Å². The van der Waals surface area contributed by atoms with E-state index in [1.807, 2.05) is 18.8 Å². The summed E-state index contributed by atoms with van der Waals surface area (Å²) < 4.78 is 0. The maximum atomic E-state index is 9.11. The molecule has 3 heteroatoms. The topological polar surface area (TPSA) is 35.8 Å². The molecule has 1 rings (SSSR count). The third-order valence-electron chi connectivity index (χ3n) is 2.80. The second-order valence-electron chi connectivity index (χ2n) is 3.62.